The van der Waals surface area contributed by atoms with Crippen molar-refractivity contribution < 1.29 is 14.3 Å². The van der Waals surface area contributed by atoms with Crippen LogP contribution in [0.15, 0.2) is 36.7 Å². The van der Waals surface area contributed by atoms with Crippen LogP contribution in [0.4, 0.5) is 0 Å². The van der Waals surface area contributed by atoms with Gasteiger partial charge in [0.25, 0.3) is 0 Å². The van der Waals surface area contributed by atoms with Crippen molar-refractivity contribution in [3.8, 4) is 0 Å². The molecule has 122 valence electrons. The van der Waals surface area contributed by atoms with E-state index >= 15 is 0 Å². The molecular weight excluding hydrogens is 292 g/mol. The number of Topliss-reactive ketones (excluding diaryl/α,β-unsaturated/α-hetero) is 1. The average Bonchev–Trinajstić information content (AvgIpc) is 2.89. The quantitative estimate of drug-likeness (QED) is 0.604. The van der Waals surface area contributed by atoms with E-state index in [0.29, 0.717) is 23.6 Å². The summed E-state index contributed by atoms with van der Waals surface area (Å²) in [7, 11) is 1.72. The molecule has 2 aromatic heterocycles. The molecule has 0 saturated carbocycles. The highest BCUT2D eigenvalue weighted by Gasteiger charge is 2.22. The third-order valence-electron chi connectivity index (χ3n) is 3.57. The van der Waals surface area contributed by atoms with Crippen molar-refractivity contribution in [1.82, 2.24) is 9.55 Å². The van der Waals surface area contributed by atoms with E-state index in [0.717, 1.165) is 5.69 Å². The van der Waals surface area contributed by atoms with Crippen molar-refractivity contribution in [3.05, 3.63) is 53.6 Å². The van der Waals surface area contributed by atoms with Gasteiger partial charge in [0.1, 0.15) is 11.8 Å². The van der Waals surface area contributed by atoms with Gasteiger partial charge in [0.05, 0.1) is 5.69 Å². The monoisotopic (exact) mass is 314 g/mol. The van der Waals surface area contributed by atoms with Crippen LogP contribution in [-0.2, 0) is 11.8 Å². The maximum atomic E-state index is 12.5. The highest BCUT2D eigenvalue weighted by atomic mass is 16.5. The predicted octanol–water partition coefficient (Wildman–Crippen LogP) is 3.57. The third-order valence-corrected chi connectivity index (χ3v) is 3.57. The maximum Gasteiger partial charge on any atom is 0.355 e. The second-order valence-electron chi connectivity index (χ2n) is 6.06. The molecule has 0 aromatic carbocycles. The van der Waals surface area contributed by atoms with E-state index in [1.807, 2.05) is 18.2 Å². The zero-order valence-electron chi connectivity index (χ0n) is 13.9. The minimum absolute atomic E-state index is 0.0805. The summed E-state index contributed by atoms with van der Waals surface area (Å²) in [6.07, 6.45) is 3.61. The molecule has 0 bridgehead atoms. The fraction of sp³-hybridized carbons (Fsp3) is 0.389. The van der Waals surface area contributed by atoms with Crippen LogP contribution >= 0.6 is 0 Å². The van der Waals surface area contributed by atoms with Gasteiger partial charge in [-0.3, -0.25) is 9.78 Å². The Bertz CT molecular complexity index is 690. The first-order valence-electron chi connectivity index (χ1n) is 7.67. The first kappa shape index (κ1) is 16.9. The number of ether oxygens (including phenoxy) is 1. The van der Waals surface area contributed by atoms with Crippen molar-refractivity contribution in [2.45, 2.75) is 33.3 Å². The molecule has 23 heavy (non-hydrogen) atoms. The standard InChI is InChI=1S/C18H22N2O3/c1-12(2)9-17(15-7-5-6-8-19-15)23-18(22)16-10-14(13(3)21)11-20(16)4/h5-8,10-12,17H,9H2,1-4H3/t17-/m0/s1. The first-order chi connectivity index (χ1) is 10.9. The summed E-state index contributed by atoms with van der Waals surface area (Å²) in [4.78, 5) is 28.2. The van der Waals surface area contributed by atoms with Crippen molar-refractivity contribution in [2.24, 2.45) is 13.0 Å². The van der Waals surface area contributed by atoms with Crippen LogP contribution < -0.4 is 0 Å². The summed E-state index contributed by atoms with van der Waals surface area (Å²) in [6, 6.07) is 7.12. The van der Waals surface area contributed by atoms with Crippen molar-refractivity contribution in [3.63, 3.8) is 0 Å². The molecule has 0 aliphatic heterocycles. The molecule has 0 fully saturated rings. The largest absolute Gasteiger partial charge is 0.451 e. The summed E-state index contributed by atoms with van der Waals surface area (Å²) >= 11 is 0. The lowest BCUT2D eigenvalue weighted by molar-refractivity contribution is 0.0226. The molecule has 0 aliphatic rings. The Kier molecular flexibility index (Phi) is 5.32. The van der Waals surface area contributed by atoms with Crippen LogP contribution in [0.2, 0.25) is 0 Å². The Balaban J connectivity index is 2.22. The summed E-state index contributed by atoms with van der Waals surface area (Å²) in [5.41, 5.74) is 1.59. The number of carbonyl (C=O) groups excluding carboxylic acids is 2. The second-order valence-corrected chi connectivity index (χ2v) is 6.06. The van der Waals surface area contributed by atoms with Gasteiger partial charge in [-0.2, -0.15) is 0 Å². The average molecular weight is 314 g/mol. The maximum absolute atomic E-state index is 12.5. The molecule has 5 nitrogen and oxygen atoms in total. The minimum atomic E-state index is -0.448. The molecule has 0 N–H and O–H groups in total. The molecule has 2 aromatic rings. The number of pyridine rings is 1. The van der Waals surface area contributed by atoms with Crippen molar-refractivity contribution in [1.29, 1.82) is 0 Å². The molecule has 5 heteroatoms. The van der Waals surface area contributed by atoms with E-state index in [9.17, 15) is 9.59 Å². The van der Waals surface area contributed by atoms with Gasteiger partial charge in [0.15, 0.2) is 5.78 Å². The molecule has 2 rings (SSSR count). The van der Waals surface area contributed by atoms with Crippen LogP contribution in [0.1, 0.15) is 59.8 Å². The number of rotatable bonds is 6. The number of hydrogen-bond acceptors (Lipinski definition) is 4. The van der Waals surface area contributed by atoms with Gasteiger partial charge in [-0.1, -0.05) is 19.9 Å². The summed E-state index contributed by atoms with van der Waals surface area (Å²) in [5.74, 6) is -0.171. The fourth-order valence-electron chi connectivity index (χ4n) is 2.37. The first-order valence-corrected chi connectivity index (χ1v) is 7.67. The van der Waals surface area contributed by atoms with Gasteiger partial charge >= 0.3 is 5.97 Å². The SMILES string of the molecule is CC(=O)c1cc(C(=O)O[C@@H](CC(C)C)c2ccccn2)n(C)c1. The third kappa shape index (κ3) is 4.28. The lowest BCUT2D eigenvalue weighted by atomic mass is 10.0. The number of aryl methyl sites for hydroxylation is 1. The van der Waals surface area contributed by atoms with Crippen LogP contribution in [0.3, 0.4) is 0 Å². The molecular formula is C18H22N2O3. The normalized spacial score (nSPS) is 12.2. The van der Waals surface area contributed by atoms with Crippen LogP contribution in [0.5, 0.6) is 0 Å². The summed E-state index contributed by atoms with van der Waals surface area (Å²) < 4.78 is 7.29. The van der Waals surface area contributed by atoms with E-state index < -0.39 is 12.1 Å². The Morgan fingerprint density at radius 2 is 2.04 bits per heavy atom. The number of hydrogen-bond donors (Lipinski definition) is 0. The summed E-state index contributed by atoms with van der Waals surface area (Å²) in [5, 5.41) is 0. The van der Waals surface area contributed by atoms with E-state index in [1.165, 1.54) is 6.92 Å². The smallest absolute Gasteiger partial charge is 0.355 e. The fourth-order valence-corrected chi connectivity index (χ4v) is 2.37. The highest BCUT2D eigenvalue weighted by Crippen LogP contribution is 2.25. The number of esters is 1. The molecule has 0 aliphatic carbocycles. The number of carbonyl (C=O) groups is 2. The molecule has 0 spiro atoms. The van der Waals surface area contributed by atoms with Crippen molar-refractivity contribution in [2.75, 3.05) is 0 Å². The molecule has 2 heterocycles. The second kappa shape index (κ2) is 7.22. The molecule has 1 atom stereocenters. The van der Waals surface area contributed by atoms with Gasteiger partial charge in [0, 0.05) is 25.0 Å². The van der Waals surface area contributed by atoms with Crippen LogP contribution in [0, 0.1) is 5.92 Å². The Hall–Kier alpha value is -2.43. The van der Waals surface area contributed by atoms with E-state index in [1.54, 1.807) is 30.1 Å². The lowest BCUT2D eigenvalue weighted by Gasteiger charge is -2.19. The molecule has 0 amide bonds. The van der Waals surface area contributed by atoms with Crippen LogP contribution in [0.25, 0.3) is 0 Å². The summed E-state index contributed by atoms with van der Waals surface area (Å²) in [6.45, 7) is 5.61. The van der Waals surface area contributed by atoms with E-state index in [2.05, 4.69) is 18.8 Å². The zero-order valence-corrected chi connectivity index (χ0v) is 13.9. The predicted molar refractivity (Wildman–Crippen MR) is 87.3 cm³/mol. The number of aromatic nitrogens is 2. The zero-order chi connectivity index (χ0) is 17.0. The topological polar surface area (TPSA) is 61.2 Å². The Morgan fingerprint density at radius 3 is 2.57 bits per heavy atom. The van der Waals surface area contributed by atoms with Gasteiger partial charge < -0.3 is 9.30 Å². The minimum Gasteiger partial charge on any atom is -0.451 e. The van der Waals surface area contributed by atoms with Gasteiger partial charge in [-0.05, 0) is 37.5 Å². The van der Waals surface area contributed by atoms with Gasteiger partial charge in [-0.25, -0.2) is 4.79 Å². The molecule has 0 unspecified atom stereocenters. The molecule has 0 radical (unpaired) electrons. The highest BCUT2D eigenvalue weighted by molar-refractivity contribution is 5.97. The van der Waals surface area contributed by atoms with Gasteiger partial charge in [-0.15, -0.1) is 0 Å². The van der Waals surface area contributed by atoms with Crippen LogP contribution in [-0.4, -0.2) is 21.3 Å². The number of nitrogens with zero attached hydrogens (tertiary/aromatic N) is 2. The Morgan fingerprint density at radius 1 is 1.30 bits per heavy atom. The number of ketones is 1. The lowest BCUT2D eigenvalue weighted by Crippen LogP contribution is -2.16. The van der Waals surface area contributed by atoms with Crippen molar-refractivity contribution >= 4 is 11.8 Å². The van der Waals surface area contributed by atoms with Gasteiger partial charge in [0.2, 0.25) is 0 Å². The molecule has 0 saturated heterocycles. The van der Waals surface area contributed by atoms with E-state index in [4.69, 9.17) is 4.74 Å². The van der Waals surface area contributed by atoms with E-state index in [-0.39, 0.29) is 5.78 Å². The Labute approximate surface area is 136 Å².